The maximum Gasteiger partial charge on any atom is 0.161 e. The third-order valence-corrected chi connectivity index (χ3v) is 6.11. The first-order chi connectivity index (χ1) is 13.0. The highest BCUT2D eigenvalue weighted by atomic mass is 32.1. The lowest BCUT2D eigenvalue weighted by atomic mass is 10.1. The third-order valence-electron chi connectivity index (χ3n) is 5.15. The number of aliphatic imine (C=N–C) groups is 1. The van der Waals surface area contributed by atoms with Crippen molar-refractivity contribution >= 4 is 33.5 Å². The number of aliphatic hydroxyl groups is 1. The topological polar surface area (TPSA) is 51.1 Å². The number of nitrogens with zero attached hydrogens (tertiary/aromatic N) is 3. The van der Waals surface area contributed by atoms with E-state index in [1.807, 2.05) is 6.92 Å². The number of nitrogens with one attached hydrogen (secondary N) is 1. The fraction of sp³-hybridized carbons (Fsp3) is 0.421. The number of piperazine rings is 1. The highest BCUT2D eigenvalue weighted by molar-refractivity contribution is 7.16. The number of anilines is 2. The van der Waals surface area contributed by atoms with Gasteiger partial charge in [-0.25, -0.2) is 13.8 Å². The van der Waals surface area contributed by atoms with E-state index in [0.29, 0.717) is 17.8 Å². The summed E-state index contributed by atoms with van der Waals surface area (Å²) in [5.41, 5.74) is 1.80. The van der Waals surface area contributed by atoms with Crippen LogP contribution in [0.25, 0.3) is 0 Å². The molecule has 0 amide bonds. The van der Waals surface area contributed by atoms with E-state index in [-0.39, 0.29) is 12.6 Å². The number of rotatable bonds is 2. The number of amidine groups is 1. The number of aryl methyl sites for hydroxylation is 1. The smallest absolute Gasteiger partial charge is 0.161 e. The normalized spacial score (nSPS) is 19.8. The minimum Gasteiger partial charge on any atom is -0.396 e. The van der Waals surface area contributed by atoms with Gasteiger partial charge < -0.3 is 15.3 Å². The molecule has 1 aromatic heterocycles. The van der Waals surface area contributed by atoms with E-state index in [4.69, 9.17) is 4.99 Å². The molecule has 8 heteroatoms. The zero-order chi connectivity index (χ0) is 19.1. The van der Waals surface area contributed by atoms with Gasteiger partial charge in [-0.05, 0) is 26.5 Å². The molecule has 0 saturated carbocycles. The second kappa shape index (κ2) is 7.18. The van der Waals surface area contributed by atoms with Crippen LogP contribution in [-0.4, -0.2) is 60.1 Å². The molecule has 1 fully saturated rings. The summed E-state index contributed by atoms with van der Waals surface area (Å²) in [6.07, 6.45) is 0.685. The second-order valence-electron chi connectivity index (χ2n) is 7.04. The second-order valence-corrected chi connectivity index (χ2v) is 8.29. The van der Waals surface area contributed by atoms with Gasteiger partial charge in [0.2, 0.25) is 0 Å². The van der Waals surface area contributed by atoms with Crippen LogP contribution in [0.3, 0.4) is 0 Å². The highest BCUT2D eigenvalue weighted by Crippen LogP contribution is 2.40. The summed E-state index contributed by atoms with van der Waals surface area (Å²) < 4.78 is 27.6. The van der Waals surface area contributed by atoms with E-state index in [9.17, 15) is 13.9 Å². The third kappa shape index (κ3) is 3.44. The summed E-state index contributed by atoms with van der Waals surface area (Å²) in [6, 6.07) is 4.58. The van der Waals surface area contributed by atoms with Gasteiger partial charge >= 0.3 is 0 Å². The Labute approximate surface area is 160 Å². The number of aliphatic hydroxyl groups excluding tert-OH is 1. The highest BCUT2D eigenvalue weighted by Gasteiger charge is 2.30. The van der Waals surface area contributed by atoms with Crippen LogP contribution in [0.15, 0.2) is 23.2 Å². The van der Waals surface area contributed by atoms with Crippen LogP contribution < -0.4 is 5.32 Å². The fourth-order valence-corrected chi connectivity index (χ4v) is 4.56. The van der Waals surface area contributed by atoms with Crippen molar-refractivity contribution in [3.05, 3.63) is 40.3 Å². The molecule has 0 unspecified atom stereocenters. The van der Waals surface area contributed by atoms with Gasteiger partial charge in [-0.2, -0.15) is 0 Å². The molecule has 1 atom stereocenters. The van der Waals surface area contributed by atoms with Crippen molar-refractivity contribution in [2.24, 2.45) is 4.99 Å². The molecule has 2 aromatic rings. The first kappa shape index (κ1) is 18.3. The van der Waals surface area contributed by atoms with Crippen molar-refractivity contribution < 1.29 is 13.9 Å². The number of thiophene rings is 1. The van der Waals surface area contributed by atoms with Crippen LogP contribution >= 0.6 is 11.3 Å². The Balaban J connectivity index is 1.78. The molecule has 3 heterocycles. The molecular formula is C19H22F2N4OS. The molecule has 1 aromatic carbocycles. The lowest BCUT2D eigenvalue weighted by Gasteiger charge is -2.40. The van der Waals surface area contributed by atoms with Crippen LogP contribution in [0.4, 0.5) is 25.2 Å². The zero-order valence-corrected chi connectivity index (χ0v) is 16.1. The number of halogens is 2. The van der Waals surface area contributed by atoms with E-state index >= 15 is 0 Å². The Morgan fingerprint density at radius 3 is 2.81 bits per heavy atom. The Hall–Kier alpha value is -2.03. The molecule has 2 aliphatic heterocycles. The average Bonchev–Trinajstić information content (AvgIpc) is 2.92. The Bertz CT molecular complexity index is 898. The van der Waals surface area contributed by atoms with E-state index in [2.05, 4.69) is 28.2 Å². The SMILES string of the molecule is Cc1cc2c(s1)Nc1cc(F)c(F)cc1N=C2N1CCN(C)[C@@H](CCO)C1. The van der Waals surface area contributed by atoms with Gasteiger partial charge in [0.1, 0.15) is 10.8 Å². The minimum absolute atomic E-state index is 0.132. The summed E-state index contributed by atoms with van der Waals surface area (Å²) in [5.74, 6) is -1.03. The Morgan fingerprint density at radius 2 is 2.04 bits per heavy atom. The van der Waals surface area contributed by atoms with Crippen molar-refractivity contribution in [1.82, 2.24) is 9.80 Å². The van der Waals surface area contributed by atoms with Crippen LogP contribution in [0.5, 0.6) is 0 Å². The molecule has 5 nitrogen and oxygen atoms in total. The van der Waals surface area contributed by atoms with Crippen molar-refractivity contribution in [1.29, 1.82) is 0 Å². The lowest BCUT2D eigenvalue weighted by Crippen LogP contribution is -2.53. The van der Waals surface area contributed by atoms with Crippen LogP contribution in [-0.2, 0) is 0 Å². The summed E-state index contributed by atoms with van der Waals surface area (Å²) in [6.45, 7) is 4.50. The van der Waals surface area contributed by atoms with E-state index in [0.717, 1.165) is 53.0 Å². The molecule has 1 saturated heterocycles. The van der Waals surface area contributed by atoms with Crippen molar-refractivity contribution in [3.63, 3.8) is 0 Å². The molecular weight excluding hydrogens is 370 g/mol. The number of hydrogen-bond acceptors (Lipinski definition) is 6. The molecule has 144 valence electrons. The maximum atomic E-state index is 13.8. The lowest BCUT2D eigenvalue weighted by molar-refractivity contribution is 0.115. The largest absolute Gasteiger partial charge is 0.396 e. The van der Waals surface area contributed by atoms with Crippen LogP contribution in [0.1, 0.15) is 16.9 Å². The molecule has 27 heavy (non-hydrogen) atoms. The summed E-state index contributed by atoms with van der Waals surface area (Å²) in [7, 11) is 2.06. The number of fused-ring (bicyclic) bond motifs is 2. The van der Waals surface area contributed by atoms with E-state index in [1.165, 1.54) is 0 Å². The summed E-state index contributed by atoms with van der Waals surface area (Å²) in [5, 5.41) is 13.5. The fourth-order valence-electron chi connectivity index (χ4n) is 3.64. The molecule has 0 spiro atoms. The number of hydrogen-bond donors (Lipinski definition) is 2. The standard InChI is InChI=1S/C19H22F2N4OS/c1-11-7-13-18(25-5-4-24(2)12(10-25)3-6-26)22-16-8-14(20)15(21)9-17(16)23-19(13)27-11/h7-9,12,23,26H,3-6,10H2,1-2H3/t12-/m0/s1. The molecule has 4 rings (SSSR count). The predicted molar refractivity (Wildman–Crippen MR) is 105 cm³/mol. The van der Waals surface area contributed by atoms with Gasteiger partial charge in [0.25, 0.3) is 0 Å². The molecule has 0 aliphatic carbocycles. The Kier molecular flexibility index (Phi) is 4.88. The molecule has 2 N–H and O–H groups in total. The van der Waals surface area contributed by atoms with Crippen LogP contribution in [0, 0.1) is 18.6 Å². The van der Waals surface area contributed by atoms with Gasteiger partial charge in [0, 0.05) is 49.3 Å². The van der Waals surface area contributed by atoms with Crippen molar-refractivity contribution in [2.75, 3.05) is 38.6 Å². The number of likely N-dealkylation sites (N-methyl/N-ethyl adjacent to an activating group) is 1. The monoisotopic (exact) mass is 392 g/mol. The van der Waals surface area contributed by atoms with E-state index < -0.39 is 11.6 Å². The predicted octanol–water partition coefficient (Wildman–Crippen LogP) is 3.47. The first-order valence-corrected chi connectivity index (χ1v) is 9.79. The van der Waals surface area contributed by atoms with Gasteiger partial charge in [-0.3, -0.25) is 4.90 Å². The van der Waals surface area contributed by atoms with Crippen molar-refractivity contribution in [3.8, 4) is 0 Å². The molecule has 2 aliphatic rings. The van der Waals surface area contributed by atoms with E-state index in [1.54, 1.807) is 11.3 Å². The summed E-state index contributed by atoms with van der Waals surface area (Å²) >= 11 is 1.57. The van der Waals surface area contributed by atoms with Gasteiger partial charge in [0.15, 0.2) is 11.6 Å². The molecule has 0 radical (unpaired) electrons. The summed E-state index contributed by atoms with van der Waals surface area (Å²) in [4.78, 5) is 10.3. The van der Waals surface area contributed by atoms with Gasteiger partial charge in [-0.1, -0.05) is 0 Å². The van der Waals surface area contributed by atoms with Crippen LogP contribution in [0.2, 0.25) is 0 Å². The average molecular weight is 392 g/mol. The Morgan fingerprint density at radius 1 is 1.26 bits per heavy atom. The molecule has 0 bridgehead atoms. The van der Waals surface area contributed by atoms with Crippen molar-refractivity contribution in [2.45, 2.75) is 19.4 Å². The number of benzene rings is 1. The quantitative estimate of drug-likeness (QED) is 0.822. The van der Waals surface area contributed by atoms with Gasteiger partial charge in [0.05, 0.1) is 16.9 Å². The zero-order valence-electron chi connectivity index (χ0n) is 15.3. The maximum absolute atomic E-state index is 13.8. The van der Waals surface area contributed by atoms with Gasteiger partial charge in [-0.15, -0.1) is 11.3 Å². The first-order valence-electron chi connectivity index (χ1n) is 8.98. The minimum atomic E-state index is -0.906.